The van der Waals surface area contributed by atoms with Gasteiger partial charge < -0.3 is 4.79 Å². The summed E-state index contributed by atoms with van der Waals surface area (Å²) in [7, 11) is 0. The average Bonchev–Trinajstić information content (AvgIpc) is 2.15. The first-order valence-corrected chi connectivity index (χ1v) is 5.63. The van der Waals surface area contributed by atoms with Gasteiger partial charge in [0.25, 0.3) is 0 Å². The van der Waals surface area contributed by atoms with Crippen molar-refractivity contribution in [3.63, 3.8) is 0 Å². The Hall–Kier alpha value is -0.820. The molecule has 82 valence electrons. The molecule has 1 aromatic rings. The molecule has 0 aliphatic rings. The van der Waals surface area contributed by atoms with Gasteiger partial charge in [0.2, 0.25) is 0 Å². The zero-order valence-corrected chi connectivity index (χ0v) is 10.2. The molecule has 0 fully saturated rings. The quantitative estimate of drug-likeness (QED) is 0.754. The van der Waals surface area contributed by atoms with Gasteiger partial charge in [0, 0.05) is 11.4 Å². The summed E-state index contributed by atoms with van der Waals surface area (Å²) in [5.74, 6) is 1.01. The molecule has 1 nitrogen and oxygen atoms in total. The van der Waals surface area contributed by atoms with Crippen molar-refractivity contribution in [1.82, 2.24) is 0 Å². The minimum Gasteiger partial charge on any atom is -0.300 e. The summed E-state index contributed by atoms with van der Waals surface area (Å²) in [6.45, 7) is 5.93. The van der Waals surface area contributed by atoms with Crippen molar-refractivity contribution < 1.29 is 4.79 Å². The molecule has 0 spiro atoms. The van der Waals surface area contributed by atoms with E-state index in [2.05, 4.69) is 13.8 Å². The zero-order chi connectivity index (χ0) is 11.4. The number of hydrogen-bond acceptors (Lipinski definition) is 1. The maximum Gasteiger partial charge on any atom is 0.130 e. The summed E-state index contributed by atoms with van der Waals surface area (Å²) in [4.78, 5) is 11.2. The van der Waals surface area contributed by atoms with E-state index in [0.29, 0.717) is 18.3 Å². The molecule has 1 aromatic carbocycles. The van der Waals surface area contributed by atoms with E-state index in [9.17, 15) is 4.79 Å². The van der Waals surface area contributed by atoms with Gasteiger partial charge in [-0.05, 0) is 36.5 Å². The lowest BCUT2D eigenvalue weighted by Gasteiger charge is -2.20. The lowest BCUT2D eigenvalue weighted by Crippen LogP contribution is -2.10. The first-order chi connectivity index (χ1) is 7.00. The monoisotopic (exact) mass is 224 g/mol. The number of ketones is 1. The van der Waals surface area contributed by atoms with Crippen LogP contribution >= 0.6 is 11.6 Å². The molecule has 0 heterocycles. The Morgan fingerprint density at radius 3 is 2.20 bits per heavy atom. The largest absolute Gasteiger partial charge is 0.300 e. The molecular formula is C13H17ClO. The van der Waals surface area contributed by atoms with Crippen molar-refractivity contribution >= 4 is 17.4 Å². The van der Waals surface area contributed by atoms with Crippen molar-refractivity contribution in [2.45, 2.75) is 33.1 Å². The van der Waals surface area contributed by atoms with E-state index in [4.69, 9.17) is 11.6 Å². The summed E-state index contributed by atoms with van der Waals surface area (Å²) in [6, 6.07) is 7.78. The third-order valence-electron chi connectivity index (χ3n) is 2.61. The van der Waals surface area contributed by atoms with Crippen molar-refractivity contribution in [1.29, 1.82) is 0 Å². The highest BCUT2D eigenvalue weighted by Gasteiger charge is 2.17. The lowest BCUT2D eigenvalue weighted by atomic mass is 9.85. The second-order valence-electron chi connectivity index (χ2n) is 4.31. The SMILES string of the molecule is CC(=O)CC(c1ccc(Cl)cc1)C(C)C. The van der Waals surface area contributed by atoms with E-state index in [1.54, 1.807) is 6.92 Å². The zero-order valence-electron chi connectivity index (χ0n) is 9.46. The molecule has 0 aromatic heterocycles. The molecule has 2 heteroatoms. The average molecular weight is 225 g/mol. The van der Waals surface area contributed by atoms with Gasteiger partial charge in [0.1, 0.15) is 5.78 Å². The van der Waals surface area contributed by atoms with E-state index in [-0.39, 0.29) is 5.78 Å². The highest BCUT2D eigenvalue weighted by Crippen LogP contribution is 2.28. The summed E-state index contributed by atoms with van der Waals surface area (Å²) < 4.78 is 0. The smallest absolute Gasteiger partial charge is 0.130 e. The van der Waals surface area contributed by atoms with Crippen LogP contribution in [0.4, 0.5) is 0 Å². The molecule has 15 heavy (non-hydrogen) atoms. The van der Waals surface area contributed by atoms with Crippen LogP contribution in [0.2, 0.25) is 5.02 Å². The number of Topliss-reactive ketones (excluding diaryl/α,β-unsaturated/α-hetero) is 1. The second-order valence-corrected chi connectivity index (χ2v) is 4.74. The van der Waals surface area contributed by atoms with Gasteiger partial charge in [0.05, 0.1) is 0 Å². The van der Waals surface area contributed by atoms with Crippen LogP contribution in [-0.2, 0) is 4.79 Å². The fourth-order valence-electron chi connectivity index (χ4n) is 1.76. The highest BCUT2D eigenvalue weighted by molar-refractivity contribution is 6.30. The topological polar surface area (TPSA) is 17.1 Å². The molecule has 0 N–H and O–H groups in total. The van der Waals surface area contributed by atoms with Crippen molar-refractivity contribution in [2.75, 3.05) is 0 Å². The van der Waals surface area contributed by atoms with Crippen molar-refractivity contribution in [2.24, 2.45) is 5.92 Å². The molecule has 0 saturated heterocycles. The Bertz CT molecular complexity index is 327. The lowest BCUT2D eigenvalue weighted by molar-refractivity contribution is -0.117. The molecular weight excluding hydrogens is 208 g/mol. The number of carbonyl (C=O) groups is 1. The Morgan fingerprint density at radius 2 is 1.80 bits per heavy atom. The van der Waals surface area contributed by atoms with Crippen LogP contribution in [0.5, 0.6) is 0 Å². The number of halogens is 1. The van der Waals surface area contributed by atoms with Gasteiger partial charge in [-0.3, -0.25) is 0 Å². The maximum absolute atomic E-state index is 11.2. The summed E-state index contributed by atoms with van der Waals surface area (Å²) >= 11 is 5.83. The van der Waals surface area contributed by atoms with Crippen LogP contribution in [0, 0.1) is 5.92 Å². The molecule has 1 rings (SSSR count). The van der Waals surface area contributed by atoms with E-state index in [1.165, 1.54) is 5.56 Å². The predicted octanol–water partition coefficient (Wildman–Crippen LogP) is 4.06. The van der Waals surface area contributed by atoms with Gasteiger partial charge in [-0.25, -0.2) is 0 Å². The summed E-state index contributed by atoms with van der Waals surface area (Å²) in [5.41, 5.74) is 1.20. The third kappa shape index (κ3) is 3.67. The van der Waals surface area contributed by atoms with E-state index in [1.807, 2.05) is 24.3 Å². The van der Waals surface area contributed by atoms with Gasteiger partial charge in [-0.1, -0.05) is 37.6 Å². The number of carbonyl (C=O) groups excluding carboxylic acids is 1. The Labute approximate surface area is 96.5 Å². The van der Waals surface area contributed by atoms with Crippen LogP contribution < -0.4 is 0 Å². The minimum atomic E-state index is 0.239. The first-order valence-electron chi connectivity index (χ1n) is 5.25. The number of benzene rings is 1. The Morgan fingerprint density at radius 1 is 1.27 bits per heavy atom. The van der Waals surface area contributed by atoms with E-state index >= 15 is 0 Å². The van der Waals surface area contributed by atoms with Crippen molar-refractivity contribution in [3.05, 3.63) is 34.9 Å². The van der Waals surface area contributed by atoms with Gasteiger partial charge in [0.15, 0.2) is 0 Å². The van der Waals surface area contributed by atoms with Crippen LogP contribution in [0.1, 0.15) is 38.7 Å². The molecule has 1 atom stereocenters. The molecule has 0 amide bonds. The van der Waals surface area contributed by atoms with E-state index < -0.39 is 0 Å². The van der Waals surface area contributed by atoms with Crippen LogP contribution in [-0.4, -0.2) is 5.78 Å². The summed E-state index contributed by atoms with van der Waals surface area (Å²) in [6.07, 6.45) is 0.610. The Balaban J connectivity index is 2.88. The fourth-order valence-corrected chi connectivity index (χ4v) is 1.88. The van der Waals surface area contributed by atoms with Gasteiger partial charge in [-0.2, -0.15) is 0 Å². The standard InChI is InChI=1S/C13H17ClO/c1-9(2)13(8-10(3)15)11-4-6-12(14)7-5-11/h4-7,9,13H,8H2,1-3H3. The van der Waals surface area contributed by atoms with Crippen LogP contribution in [0.3, 0.4) is 0 Å². The number of rotatable bonds is 4. The molecule has 1 unspecified atom stereocenters. The van der Waals surface area contributed by atoms with Crippen molar-refractivity contribution in [3.8, 4) is 0 Å². The summed E-state index contributed by atoms with van der Waals surface area (Å²) in [5, 5.41) is 0.740. The van der Waals surface area contributed by atoms with E-state index in [0.717, 1.165) is 5.02 Å². The minimum absolute atomic E-state index is 0.239. The van der Waals surface area contributed by atoms with Gasteiger partial charge >= 0.3 is 0 Å². The van der Waals surface area contributed by atoms with Crippen LogP contribution in [0.25, 0.3) is 0 Å². The molecule has 0 aliphatic heterocycles. The first kappa shape index (κ1) is 12.3. The molecule has 0 saturated carbocycles. The second kappa shape index (κ2) is 5.32. The van der Waals surface area contributed by atoms with Gasteiger partial charge in [-0.15, -0.1) is 0 Å². The predicted molar refractivity (Wildman–Crippen MR) is 64.3 cm³/mol. The normalized spacial score (nSPS) is 12.9. The van der Waals surface area contributed by atoms with Crippen LogP contribution in [0.15, 0.2) is 24.3 Å². The third-order valence-corrected chi connectivity index (χ3v) is 2.86. The molecule has 0 bridgehead atoms. The highest BCUT2D eigenvalue weighted by atomic mass is 35.5. The Kier molecular flexibility index (Phi) is 4.34. The number of hydrogen-bond donors (Lipinski definition) is 0. The molecule has 0 aliphatic carbocycles. The maximum atomic E-state index is 11.2. The molecule has 0 radical (unpaired) electrons. The fraction of sp³-hybridized carbons (Fsp3) is 0.462.